The molecule has 3 nitrogen and oxygen atoms in total. The predicted molar refractivity (Wildman–Crippen MR) is 61.0 cm³/mol. The summed E-state index contributed by atoms with van der Waals surface area (Å²) in [4.78, 5) is 4.09. The molecule has 1 aliphatic rings. The van der Waals surface area contributed by atoms with Crippen LogP contribution in [0.3, 0.4) is 0 Å². The van der Waals surface area contributed by atoms with Crippen molar-refractivity contribution in [3.05, 3.63) is 18.0 Å². The lowest BCUT2D eigenvalue weighted by molar-refractivity contribution is 0.294. The second-order valence-corrected chi connectivity index (χ2v) is 5.17. The molecule has 0 unspecified atom stereocenters. The Labute approximate surface area is 90.7 Å². The highest BCUT2D eigenvalue weighted by molar-refractivity contribution is 5.55. The summed E-state index contributed by atoms with van der Waals surface area (Å²) in [7, 11) is 0. The molecule has 1 heterocycles. The molecule has 2 N–H and O–H groups in total. The van der Waals surface area contributed by atoms with E-state index in [1.807, 2.05) is 0 Å². The van der Waals surface area contributed by atoms with Crippen molar-refractivity contribution in [2.24, 2.45) is 0 Å². The van der Waals surface area contributed by atoms with Crippen molar-refractivity contribution in [1.82, 2.24) is 4.98 Å². The van der Waals surface area contributed by atoms with Crippen LogP contribution in [0.4, 0.5) is 5.69 Å². The summed E-state index contributed by atoms with van der Waals surface area (Å²) in [5.74, 6) is 0.852. The molecule has 0 spiro atoms. The maximum absolute atomic E-state index is 5.96. The molecule has 0 amide bonds. The fourth-order valence-corrected chi connectivity index (χ4v) is 1.71. The summed E-state index contributed by atoms with van der Waals surface area (Å²) in [6.07, 6.45) is 6.15. The number of nitrogens with zero attached hydrogens (tertiary/aromatic N) is 1. The highest BCUT2D eigenvalue weighted by Crippen LogP contribution is 2.37. The van der Waals surface area contributed by atoms with Gasteiger partial charge in [0, 0.05) is 5.56 Å². The average molecular weight is 206 g/mol. The minimum Gasteiger partial charge on any atom is -0.488 e. The molecule has 0 radical (unpaired) electrons. The molecule has 0 bridgehead atoms. The van der Waals surface area contributed by atoms with E-state index >= 15 is 0 Å². The Morgan fingerprint density at radius 1 is 1.33 bits per heavy atom. The van der Waals surface area contributed by atoms with E-state index in [-0.39, 0.29) is 5.41 Å². The largest absolute Gasteiger partial charge is 0.488 e. The first-order chi connectivity index (χ1) is 6.98. The number of hydrogen-bond acceptors (Lipinski definition) is 3. The Kier molecular flexibility index (Phi) is 2.33. The van der Waals surface area contributed by atoms with Crippen LogP contribution in [0.1, 0.15) is 39.2 Å². The monoisotopic (exact) mass is 206 g/mol. The summed E-state index contributed by atoms with van der Waals surface area (Å²) < 4.78 is 5.82. The number of anilines is 1. The highest BCUT2D eigenvalue weighted by atomic mass is 16.5. The minimum absolute atomic E-state index is 0.00273. The van der Waals surface area contributed by atoms with Gasteiger partial charge in [0.2, 0.25) is 0 Å². The molecule has 15 heavy (non-hydrogen) atoms. The molecule has 1 aromatic heterocycles. The topological polar surface area (TPSA) is 48.1 Å². The second kappa shape index (κ2) is 3.40. The van der Waals surface area contributed by atoms with Crippen molar-refractivity contribution in [3.8, 4) is 5.75 Å². The lowest BCUT2D eigenvalue weighted by Crippen LogP contribution is -2.17. The Morgan fingerprint density at radius 2 is 2.00 bits per heavy atom. The molecule has 1 saturated carbocycles. The van der Waals surface area contributed by atoms with E-state index in [4.69, 9.17) is 10.5 Å². The van der Waals surface area contributed by atoms with E-state index in [0.717, 1.165) is 29.8 Å². The fraction of sp³-hybridized carbons (Fsp3) is 0.583. The van der Waals surface area contributed by atoms with Gasteiger partial charge in [-0.15, -0.1) is 0 Å². The molecule has 2 rings (SSSR count). The van der Waals surface area contributed by atoms with Crippen molar-refractivity contribution < 1.29 is 4.74 Å². The number of aromatic nitrogens is 1. The average Bonchev–Trinajstić information content (AvgIpc) is 2.85. The van der Waals surface area contributed by atoms with Crippen LogP contribution < -0.4 is 10.5 Å². The van der Waals surface area contributed by atoms with E-state index < -0.39 is 0 Å². The molecule has 0 atom stereocenters. The zero-order valence-corrected chi connectivity index (χ0v) is 9.58. The van der Waals surface area contributed by atoms with Gasteiger partial charge >= 0.3 is 0 Å². The van der Waals surface area contributed by atoms with Crippen LogP contribution in [0.5, 0.6) is 5.75 Å². The minimum atomic E-state index is -0.00273. The first-order valence-corrected chi connectivity index (χ1v) is 5.39. The van der Waals surface area contributed by atoms with Crippen molar-refractivity contribution in [2.45, 2.75) is 45.1 Å². The van der Waals surface area contributed by atoms with Crippen LogP contribution in [-0.2, 0) is 5.41 Å². The standard InChI is InChI=1S/C12H18N2O/c1-12(2,3)11-9(13)6-14-7-10(11)15-8-4-5-8/h6-8H,4-5,13H2,1-3H3. The Bertz CT molecular complexity index is 364. The first-order valence-electron chi connectivity index (χ1n) is 5.39. The maximum atomic E-state index is 5.96. The number of ether oxygens (including phenoxy) is 1. The number of pyridine rings is 1. The van der Waals surface area contributed by atoms with Gasteiger partial charge in [-0.1, -0.05) is 20.8 Å². The number of rotatable bonds is 2. The van der Waals surface area contributed by atoms with Crippen LogP contribution in [0.25, 0.3) is 0 Å². The molecule has 0 saturated heterocycles. The van der Waals surface area contributed by atoms with E-state index in [1.54, 1.807) is 12.4 Å². The lowest BCUT2D eigenvalue weighted by Gasteiger charge is -2.24. The quantitative estimate of drug-likeness (QED) is 0.808. The number of nitrogens with two attached hydrogens (primary N) is 1. The summed E-state index contributed by atoms with van der Waals surface area (Å²) in [5.41, 5.74) is 7.75. The Morgan fingerprint density at radius 3 is 2.53 bits per heavy atom. The Balaban J connectivity index is 2.38. The van der Waals surface area contributed by atoms with Gasteiger partial charge in [0.25, 0.3) is 0 Å². The van der Waals surface area contributed by atoms with Gasteiger partial charge in [0.15, 0.2) is 0 Å². The molecule has 0 aromatic carbocycles. The first kappa shape index (κ1) is 10.3. The third kappa shape index (κ3) is 2.22. The number of hydrogen-bond donors (Lipinski definition) is 1. The summed E-state index contributed by atoms with van der Waals surface area (Å²) >= 11 is 0. The van der Waals surface area contributed by atoms with Gasteiger partial charge < -0.3 is 10.5 Å². The number of nitrogen functional groups attached to an aromatic ring is 1. The summed E-state index contributed by atoms with van der Waals surface area (Å²) in [6, 6.07) is 0. The smallest absolute Gasteiger partial charge is 0.143 e. The molecule has 0 aliphatic heterocycles. The molecular formula is C12H18N2O. The predicted octanol–water partition coefficient (Wildman–Crippen LogP) is 2.50. The zero-order chi connectivity index (χ0) is 11.1. The molecule has 1 aliphatic carbocycles. The zero-order valence-electron chi connectivity index (χ0n) is 9.58. The van der Waals surface area contributed by atoms with Crippen molar-refractivity contribution >= 4 is 5.69 Å². The van der Waals surface area contributed by atoms with E-state index in [2.05, 4.69) is 25.8 Å². The molecular weight excluding hydrogens is 188 g/mol. The fourth-order valence-electron chi connectivity index (χ4n) is 1.71. The van der Waals surface area contributed by atoms with Gasteiger partial charge in [-0.3, -0.25) is 4.98 Å². The van der Waals surface area contributed by atoms with E-state index in [0.29, 0.717) is 6.10 Å². The Hall–Kier alpha value is -1.25. The molecule has 82 valence electrons. The lowest BCUT2D eigenvalue weighted by atomic mass is 9.86. The van der Waals surface area contributed by atoms with Gasteiger partial charge in [-0.2, -0.15) is 0 Å². The van der Waals surface area contributed by atoms with Gasteiger partial charge in [0.1, 0.15) is 5.75 Å². The SMILES string of the molecule is CC(C)(C)c1c(N)cncc1OC1CC1. The second-order valence-electron chi connectivity index (χ2n) is 5.17. The van der Waals surface area contributed by atoms with Gasteiger partial charge in [-0.25, -0.2) is 0 Å². The van der Waals surface area contributed by atoms with Crippen molar-refractivity contribution in [1.29, 1.82) is 0 Å². The van der Waals surface area contributed by atoms with Crippen molar-refractivity contribution in [3.63, 3.8) is 0 Å². The third-order valence-electron chi connectivity index (χ3n) is 2.51. The molecule has 1 fully saturated rings. The van der Waals surface area contributed by atoms with Crippen molar-refractivity contribution in [2.75, 3.05) is 5.73 Å². The summed E-state index contributed by atoms with van der Waals surface area (Å²) in [6.45, 7) is 6.41. The van der Waals surface area contributed by atoms with Gasteiger partial charge in [0.05, 0.1) is 24.2 Å². The molecule has 1 aromatic rings. The molecule has 3 heteroatoms. The van der Waals surface area contributed by atoms with Crippen LogP contribution in [0, 0.1) is 0 Å². The van der Waals surface area contributed by atoms with Crippen LogP contribution in [0.2, 0.25) is 0 Å². The maximum Gasteiger partial charge on any atom is 0.143 e. The van der Waals surface area contributed by atoms with Crippen LogP contribution in [-0.4, -0.2) is 11.1 Å². The van der Waals surface area contributed by atoms with E-state index in [9.17, 15) is 0 Å². The van der Waals surface area contributed by atoms with Crippen LogP contribution >= 0.6 is 0 Å². The van der Waals surface area contributed by atoms with Gasteiger partial charge in [-0.05, 0) is 18.3 Å². The third-order valence-corrected chi connectivity index (χ3v) is 2.51. The normalized spacial score (nSPS) is 16.5. The summed E-state index contributed by atoms with van der Waals surface area (Å²) in [5, 5.41) is 0. The highest BCUT2D eigenvalue weighted by Gasteiger charge is 2.28. The van der Waals surface area contributed by atoms with Crippen LogP contribution in [0.15, 0.2) is 12.4 Å². The van der Waals surface area contributed by atoms with E-state index in [1.165, 1.54) is 0 Å².